The number of rotatable bonds is 36. The average molecular weight is 911 g/mol. The van der Waals surface area contributed by atoms with E-state index in [1.807, 2.05) is 0 Å². The van der Waals surface area contributed by atoms with Crippen LogP contribution in [-0.2, 0) is 19.1 Å². The number of hydrogen-bond acceptors (Lipinski definition) is 6. The number of hydrogen-bond donors (Lipinski definition) is 1. The monoisotopic (exact) mass is 910 g/mol. The van der Waals surface area contributed by atoms with Crippen LogP contribution in [0.25, 0.3) is 0 Å². The van der Waals surface area contributed by atoms with Crippen molar-refractivity contribution in [2.24, 2.45) is 46.3 Å². The first-order chi connectivity index (χ1) is 31.4. The molecule has 9 unspecified atom stereocenters. The van der Waals surface area contributed by atoms with Crippen LogP contribution in [0.3, 0.4) is 0 Å². The molecule has 6 heteroatoms. The van der Waals surface area contributed by atoms with Gasteiger partial charge in [-0.15, -0.1) is 0 Å². The molecule has 0 saturated heterocycles. The van der Waals surface area contributed by atoms with Gasteiger partial charge in [0.15, 0.2) is 0 Å². The highest BCUT2D eigenvalue weighted by Crippen LogP contribution is 2.67. The van der Waals surface area contributed by atoms with Crippen molar-refractivity contribution in [3.05, 3.63) is 11.6 Å². The van der Waals surface area contributed by atoms with Crippen molar-refractivity contribution in [3.8, 4) is 0 Å². The third kappa shape index (κ3) is 18.8. The molecule has 3 saturated carbocycles. The van der Waals surface area contributed by atoms with Crippen molar-refractivity contribution < 1.29 is 24.2 Å². The molecule has 9 atom stereocenters. The van der Waals surface area contributed by atoms with Crippen LogP contribution < -0.4 is 0 Å². The van der Waals surface area contributed by atoms with Crippen LogP contribution in [0.4, 0.5) is 0 Å². The largest absolute Gasteiger partial charge is 0.462 e. The highest BCUT2D eigenvalue weighted by Gasteiger charge is 2.59. The summed E-state index contributed by atoms with van der Waals surface area (Å²) in [6.07, 6.45) is 41.9. The van der Waals surface area contributed by atoms with E-state index in [2.05, 4.69) is 59.4 Å². The standard InChI is InChI=1S/C59H107NO5/c1-8-10-12-14-15-20-31-50(30-19-13-11-9-2)64-56(62)32-21-16-17-23-42-60(44-25-26-45-61)43-24-18-22-33-57(63)65-51-38-40-58(6)49(46-51)34-35-52-54-37-36-53(48(5)29-27-28-47(3)4)59(54,7)41-39-55(52)58/h34,47-48,50-55,61H,8-33,35-46H2,1-7H3. The van der Waals surface area contributed by atoms with Crippen molar-refractivity contribution in [2.45, 2.75) is 279 Å². The third-order valence-corrected chi connectivity index (χ3v) is 18.0. The Bertz CT molecular complexity index is 1330. The molecule has 3 fully saturated rings. The molecular weight excluding hydrogens is 803 g/mol. The molecule has 0 spiro atoms. The molecule has 65 heavy (non-hydrogen) atoms. The number of allylic oxidation sites excluding steroid dienone is 1. The van der Waals surface area contributed by atoms with Gasteiger partial charge in [0.05, 0.1) is 0 Å². The molecule has 0 aliphatic heterocycles. The summed E-state index contributed by atoms with van der Waals surface area (Å²) in [6, 6.07) is 0. The smallest absolute Gasteiger partial charge is 0.306 e. The maximum atomic E-state index is 13.2. The molecule has 0 amide bonds. The zero-order valence-electron chi connectivity index (χ0n) is 44.1. The van der Waals surface area contributed by atoms with Crippen LogP contribution in [0, 0.1) is 46.3 Å². The van der Waals surface area contributed by atoms with Gasteiger partial charge < -0.3 is 19.5 Å². The fourth-order valence-corrected chi connectivity index (χ4v) is 14.0. The second-order valence-corrected chi connectivity index (χ2v) is 23.4. The second-order valence-electron chi connectivity index (χ2n) is 23.4. The Morgan fingerprint density at radius 3 is 1.94 bits per heavy atom. The van der Waals surface area contributed by atoms with Crippen molar-refractivity contribution >= 4 is 11.9 Å². The van der Waals surface area contributed by atoms with Crippen LogP contribution in [0.1, 0.15) is 267 Å². The summed E-state index contributed by atoms with van der Waals surface area (Å²) in [5, 5.41) is 9.42. The van der Waals surface area contributed by atoms with Gasteiger partial charge in [-0.3, -0.25) is 9.59 Å². The number of ether oxygens (including phenoxy) is 2. The summed E-state index contributed by atoms with van der Waals surface area (Å²) in [5.41, 5.74) is 2.42. The summed E-state index contributed by atoms with van der Waals surface area (Å²) in [5.74, 6) is 5.11. The van der Waals surface area contributed by atoms with E-state index >= 15 is 0 Å². The number of carbonyl (C=O) groups is 2. The highest BCUT2D eigenvalue weighted by atomic mass is 16.5. The third-order valence-electron chi connectivity index (χ3n) is 18.0. The molecule has 4 aliphatic carbocycles. The van der Waals surface area contributed by atoms with Crippen molar-refractivity contribution in [1.29, 1.82) is 0 Å². The Balaban J connectivity index is 1.10. The van der Waals surface area contributed by atoms with E-state index in [0.717, 1.165) is 139 Å². The van der Waals surface area contributed by atoms with Crippen LogP contribution >= 0.6 is 0 Å². The molecule has 6 nitrogen and oxygen atoms in total. The predicted octanol–water partition coefficient (Wildman–Crippen LogP) is 16.2. The predicted molar refractivity (Wildman–Crippen MR) is 274 cm³/mol. The number of unbranched alkanes of at least 4 members (excludes halogenated alkanes) is 14. The van der Waals surface area contributed by atoms with E-state index in [1.165, 1.54) is 122 Å². The van der Waals surface area contributed by atoms with Gasteiger partial charge in [0.25, 0.3) is 0 Å². The minimum Gasteiger partial charge on any atom is -0.462 e. The first-order valence-corrected chi connectivity index (χ1v) is 28.9. The van der Waals surface area contributed by atoms with Crippen molar-refractivity contribution in [3.63, 3.8) is 0 Å². The van der Waals surface area contributed by atoms with E-state index in [1.54, 1.807) is 5.57 Å². The second kappa shape index (κ2) is 31.0. The number of nitrogens with zero attached hydrogens (tertiary/aromatic N) is 1. The Labute approximate surface area is 402 Å². The maximum Gasteiger partial charge on any atom is 0.306 e. The molecule has 4 rings (SSSR count). The van der Waals surface area contributed by atoms with Gasteiger partial charge in [0.1, 0.15) is 12.2 Å². The summed E-state index contributed by atoms with van der Waals surface area (Å²) in [6.45, 7) is 20.5. The Kier molecular flexibility index (Phi) is 26.8. The van der Waals surface area contributed by atoms with Crippen molar-refractivity contribution in [1.82, 2.24) is 4.90 Å². The molecule has 0 aromatic rings. The fourth-order valence-electron chi connectivity index (χ4n) is 14.0. The Hall–Kier alpha value is -1.40. The Morgan fingerprint density at radius 1 is 0.662 bits per heavy atom. The van der Waals surface area contributed by atoms with Gasteiger partial charge in [0, 0.05) is 25.9 Å². The molecule has 1 N–H and O–H groups in total. The van der Waals surface area contributed by atoms with Crippen LogP contribution in [0.5, 0.6) is 0 Å². The number of esters is 2. The lowest BCUT2D eigenvalue weighted by atomic mass is 9.47. The number of carbonyl (C=O) groups excluding carboxylic acids is 2. The van der Waals surface area contributed by atoms with Crippen molar-refractivity contribution in [2.75, 3.05) is 26.2 Å². The number of fused-ring (bicyclic) bond motifs is 5. The summed E-state index contributed by atoms with van der Waals surface area (Å²) < 4.78 is 12.3. The fraction of sp³-hybridized carbons (Fsp3) is 0.932. The summed E-state index contributed by atoms with van der Waals surface area (Å²) in [4.78, 5) is 28.5. The normalized spacial score (nSPS) is 27.2. The van der Waals surface area contributed by atoms with Gasteiger partial charge >= 0.3 is 11.9 Å². The van der Waals surface area contributed by atoms with Crippen LogP contribution in [-0.4, -0.2) is 60.4 Å². The molecule has 0 aromatic carbocycles. The average Bonchev–Trinajstić information content (AvgIpc) is 3.64. The molecule has 378 valence electrons. The highest BCUT2D eigenvalue weighted by molar-refractivity contribution is 5.69. The van der Waals surface area contributed by atoms with Gasteiger partial charge in [-0.05, 0) is 175 Å². The first-order valence-electron chi connectivity index (χ1n) is 28.9. The van der Waals surface area contributed by atoms with Gasteiger partial charge in [-0.25, -0.2) is 0 Å². The molecule has 0 heterocycles. The molecule has 0 radical (unpaired) electrons. The topological polar surface area (TPSA) is 76.1 Å². The van der Waals surface area contributed by atoms with E-state index < -0.39 is 0 Å². The van der Waals surface area contributed by atoms with Gasteiger partial charge in [-0.2, -0.15) is 0 Å². The van der Waals surface area contributed by atoms with E-state index in [4.69, 9.17) is 9.47 Å². The molecular formula is C59H107NO5. The summed E-state index contributed by atoms with van der Waals surface area (Å²) in [7, 11) is 0. The minimum atomic E-state index is 0.00446. The molecule has 0 bridgehead atoms. The first kappa shape index (κ1) is 56.2. The van der Waals surface area contributed by atoms with E-state index in [9.17, 15) is 14.7 Å². The van der Waals surface area contributed by atoms with E-state index in [0.29, 0.717) is 18.3 Å². The zero-order valence-corrected chi connectivity index (χ0v) is 44.1. The zero-order chi connectivity index (χ0) is 46.9. The lowest BCUT2D eigenvalue weighted by Crippen LogP contribution is -2.51. The number of aliphatic hydroxyl groups is 1. The maximum absolute atomic E-state index is 13.2. The molecule has 0 aromatic heterocycles. The summed E-state index contributed by atoms with van der Waals surface area (Å²) >= 11 is 0. The Morgan fingerprint density at radius 2 is 1.26 bits per heavy atom. The van der Waals surface area contributed by atoms with E-state index in [-0.39, 0.29) is 36.2 Å². The quantitative estimate of drug-likeness (QED) is 0.0383. The lowest BCUT2D eigenvalue weighted by molar-refractivity contribution is -0.152. The van der Waals surface area contributed by atoms with Gasteiger partial charge in [0.2, 0.25) is 0 Å². The van der Waals surface area contributed by atoms with Crippen LogP contribution in [0.15, 0.2) is 11.6 Å². The number of aliphatic hydroxyl groups excluding tert-OH is 1. The SMILES string of the molecule is CCCCCCCCC(CCCCCC)OC(=O)CCCCCCN(CCCCO)CCCCCC(=O)OC1CCC2(C)C(=CCC3C2CCC2(C)C(C(C)CCCC(C)C)CCC32)C1. The molecule has 4 aliphatic rings. The minimum absolute atomic E-state index is 0.00446. The lowest BCUT2D eigenvalue weighted by Gasteiger charge is -2.58. The van der Waals surface area contributed by atoms with Crippen LogP contribution in [0.2, 0.25) is 0 Å². The van der Waals surface area contributed by atoms with Gasteiger partial charge in [-0.1, -0.05) is 150 Å².